The lowest BCUT2D eigenvalue weighted by Crippen LogP contribution is -2.28. The number of benzene rings is 1. The van der Waals surface area contributed by atoms with Crippen LogP contribution in [0.15, 0.2) is 29.4 Å². The molecule has 142 valence electrons. The third kappa shape index (κ3) is 4.76. The van der Waals surface area contributed by atoms with E-state index in [9.17, 15) is 9.18 Å². The summed E-state index contributed by atoms with van der Waals surface area (Å²) in [6, 6.07) is 6.37. The van der Waals surface area contributed by atoms with Crippen molar-refractivity contribution in [2.75, 3.05) is 7.05 Å². The van der Waals surface area contributed by atoms with Crippen LogP contribution >= 0.6 is 0 Å². The maximum Gasteiger partial charge on any atom is 0.270 e. The van der Waals surface area contributed by atoms with Crippen LogP contribution < -0.4 is 16.9 Å². The minimum Gasteiger partial charge on any atom is -0.380 e. The highest BCUT2D eigenvalue weighted by Gasteiger charge is 2.26. The van der Waals surface area contributed by atoms with Crippen molar-refractivity contribution in [2.24, 2.45) is 16.7 Å². The number of aromatic nitrogens is 2. The van der Waals surface area contributed by atoms with E-state index >= 15 is 0 Å². The van der Waals surface area contributed by atoms with E-state index in [1.807, 2.05) is 6.07 Å². The first-order valence-electron chi connectivity index (χ1n) is 8.58. The van der Waals surface area contributed by atoms with Gasteiger partial charge in [-0.2, -0.15) is 0 Å². The summed E-state index contributed by atoms with van der Waals surface area (Å²) in [5.41, 5.74) is 7.87. The van der Waals surface area contributed by atoms with E-state index in [0.717, 1.165) is 29.1 Å². The summed E-state index contributed by atoms with van der Waals surface area (Å²) in [5.74, 6) is 5.63. The summed E-state index contributed by atoms with van der Waals surface area (Å²) in [7, 11) is 1.52. The summed E-state index contributed by atoms with van der Waals surface area (Å²) in [6.07, 6.45) is 2.02. The highest BCUT2D eigenvalue weighted by molar-refractivity contribution is 5.99. The van der Waals surface area contributed by atoms with E-state index in [2.05, 4.69) is 20.4 Å². The smallest absolute Gasteiger partial charge is 0.270 e. The predicted molar refractivity (Wildman–Crippen MR) is 99.0 cm³/mol. The monoisotopic (exact) mass is 371 g/mol. The first-order valence-corrected chi connectivity index (χ1v) is 8.58. The van der Waals surface area contributed by atoms with Crippen molar-refractivity contribution in [1.82, 2.24) is 20.4 Å². The molecule has 0 aliphatic heterocycles. The normalized spacial score (nSPS) is 14.1. The molecular formula is C18H22FN7O. The zero-order valence-electron chi connectivity index (χ0n) is 15.2. The SMILES string of the molecule is Cc1nc(C(=O)NCc2ccc(F)c(C3CC3)c2)cc(/C(N)=N/N(C)N)n1. The molecule has 0 spiro atoms. The molecule has 0 bridgehead atoms. The van der Waals surface area contributed by atoms with Gasteiger partial charge < -0.3 is 11.1 Å². The zero-order valence-corrected chi connectivity index (χ0v) is 15.2. The van der Waals surface area contributed by atoms with Gasteiger partial charge >= 0.3 is 0 Å². The molecule has 0 radical (unpaired) electrons. The highest BCUT2D eigenvalue weighted by Crippen LogP contribution is 2.41. The number of hydrazone groups is 1. The fourth-order valence-corrected chi connectivity index (χ4v) is 2.72. The molecule has 1 aromatic heterocycles. The molecule has 1 aliphatic carbocycles. The van der Waals surface area contributed by atoms with E-state index < -0.39 is 0 Å². The second-order valence-electron chi connectivity index (χ2n) is 6.56. The van der Waals surface area contributed by atoms with Crippen LogP contribution in [0, 0.1) is 12.7 Å². The number of amides is 1. The van der Waals surface area contributed by atoms with E-state index in [1.54, 1.807) is 13.0 Å². The molecule has 1 heterocycles. The van der Waals surface area contributed by atoms with E-state index in [1.165, 1.54) is 19.2 Å². The molecule has 0 saturated heterocycles. The van der Waals surface area contributed by atoms with Gasteiger partial charge in [-0.3, -0.25) is 4.79 Å². The minimum absolute atomic E-state index is 0.0761. The van der Waals surface area contributed by atoms with Crippen molar-refractivity contribution in [1.29, 1.82) is 0 Å². The summed E-state index contributed by atoms with van der Waals surface area (Å²) in [6.45, 7) is 1.92. The minimum atomic E-state index is -0.382. The van der Waals surface area contributed by atoms with Gasteiger partial charge in [0.2, 0.25) is 0 Å². The van der Waals surface area contributed by atoms with Crippen LogP contribution in [0.5, 0.6) is 0 Å². The number of rotatable bonds is 6. The molecule has 5 N–H and O–H groups in total. The molecule has 1 aromatic carbocycles. The molecule has 9 heteroatoms. The van der Waals surface area contributed by atoms with Crippen LogP contribution in [0.4, 0.5) is 4.39 Å². The maximum absolute atomic E-state index is 13.8. The van der Waals surface area contributed by atoms with E-state index in [0.29, 0.717) is 17.4 Å². The molecule has 27 heavy (non-hydrogen) atoms. The molecule has 0 atom stereocenters. The Hall–Kier alpha value is -3.07. The standard InChI is InChI=1S/C18H22FN7O/c1-10-23-15(17(20)25-26(2)21)8-16(24-10)18(27)22-9-11-3-6-14(19)13(7-11)12-4-5-12/h3,6-8,12H,4-5,9,21H2,1-2H3,(H2,20,25)(H,22,27). The Kier molecular flexibility index (Phi) is 5.31. The lowest BCUT2D eigenvalue weighted by Gasteiger charge is -2.10. The molecule has 0 unspecified atom stereocenters. The number of carbonyl (C=O) groups excluding carboxylic acids is 1. The molecule has 1 fully saturated rings. The van der Waals surface area contributed by atoms with Crippen LogP contribution in [0.1, 0.15) is 51.9 Å². The second-order valence-corrected chi connectivity index (χ2v) is 6.56. The Morgan fingerprint density at radius 2 is 2.04 bits per heavy atom. The topological polar surface area (TPSA) is 123 Å². The molecular weight excluding hydrogens is 349 g/mol. The predicted octanol–water partition coefficient (Wildman–Crippen LogP) is 1.16. The quantitative estimate of drug-likeness (QED) is 0.303. The molecule has 8 nitrogen and oxygen atoms in total. The third-order valence-corrected chi connectivity index (χ3v) is 4.13. The van der Waals surface area contributed by atoms with Gasteiger partial charge in [0.1, 0.15) is 23.0 Å². The fraction of sp³-hybridized carbons (Fsp3) is 0.333. The van der Waals surface area contributed by atoms with Gasteiger partial charge in [-0.05, 0) is 48.9 Å². The van der Waals surface area contributed by atoms with Gasteiger partial charge in [0.05, 0.1) is 0 Å². The molecule has 2 aromatic rings. The van der Waals surface area contributed by atoms with Crippen molar-refractivity contribution >= 4 is 11.7 Å². The Morgan fingerprint density at radius 1 is 1.33 bits per heavy atom. The lowest BCUT2D eigenvalue weighted by molar-refractivity contribution is 0.0945. The number of amidine groups is 1. The highest BCUT2D eigenvalue weighted by atomic mass is 19.1. The van der Waals surface area contributed by atoms with Gasteiger partial charge in [-0.1, -0.05) is 12.1 Å². The van der Waals surface area contributed by atoms with Crippen LogP contribution in [-0.4, -0.2) is 33.9 Å². The van der Waals surface area contributed by atoms with Gasteiger partial charge in [-0.15, -0.1) is 5.10 Å². The number of hydrazine groups is 1. The average molecular weight is 371 g/mol. The molecule has 1 aliphatic rings. The first-order chi connectivity index (χ1) is 12.8. The third-order valence-electron chi connectivity index (χ3n) is 4.13. The van der Waals surface area contributed by atoms with Crippen LogP contribution in [-0.2, 0) is 6.54 Å². The number of nitrogens with zero attached hydrogens (tertiary/aromatic N) is 4. The number of halogens is 1. The Morgan fingerprint density at radius 3 is 2.70 bits per heavy atom. The maximum atomic E-state index is 13.8. The number of aryl methyl sites for hydroxylation is 1. The summed E-state index contributed by atoms with van der Waals surface area (Å²) >= 11 is 0. The van der Waals surface area contributed by atoms with Crippen molar-refractivity contribution in [3.05, 3.63) is 58.4 Å². The van der Waals surface area contributed by atoms with Gasteiger partial charge in [0.25, 0.3) is 5.91 Å². The largest absolute Gasteiger partial charge is 0.380 e. The van der Waals surface area contributed by atoms with Crippen molar-refractivity contribution in [3.63, 3.8) is 0 Å². The van der Waals surface area contributed by atoms with Gasteiger partial charge in [-0.25, -0.2) is 25.3 Å². The number of hydrogen-bond donors (Lipinski definition) is 3. The van der Waals surface area contributed by atoms with Gasteiger partial charge in [0.15, 0.2) is 5.84 Å². The lowest BCUT2D eigenvalue weighted by atomic mass is 10.1. The zero-order chi connectivity index (χ0) is 19.6. The number of hydrogen-bond acceptors (Lipinski definition) is 6. The van der Waals surface area contributed by atoms with Crippen molar-refractivity contribution in [2.45, 2.75) is 32.2 Å². The summed E-state index contributed by atoms with van der Waals surface area (Å²) < 4.78 is 13.8. The average Bonchev–Trinajstić information content (AvgIpc) is 3.44. The van der Waals surface area contributed by atoms with Crippen LogP contribution in [0.25, 0.3) is 0 Å². The van der Waals surface area contributed by atoms with Crippen LogP contribution in [0.3, 0.4) is 0 Å². The first kappa shape index (κ1) is 18.7. The molecule has 1 amide bonds. The van der Waals surface area contributed by atoms with Crippen molar-refractivity contribution < 1.29 is 9.18 Å². The van der Waals surface area contributed by atoms with E-state index in [4.69, 9.17) is 11.6 Å². The van der Waals surface area contributed by atoms with Gasteiger partial charge in [0, 0.05) is 13.6 Å². The van der Waals surface area contributed by atoms with E-state index in [-0.39, 0.29) is 29.8 Å². The Balaban J connectivity index is 1.73. The molecule has 1 saturated carbocycles. The fourth-order valence-electron chi connectivity index (χ4n) is 2.72. The van der Waals surface area contributed by atoms with Crippen molar-refractivity contribution in [3.8, 4) is 0 Å². The number of nitrogens with one attached hydrogen (secondary N) is 1. The Labute approximate surface area is 156 Å². The second kappa shape index (κ2) is 7.67. The molecule has 3 rings (SSSR count). The summed E-state index contributed by atoms with van der Waals surface area (Å²) in [5, 5.41) is 7.71. The number of carbonyl (C=O) groups is 1. The summed E-state index contributed by atoms with van der Waals surface area (Å²) in [4.78, 5) is 20.8. The number of nitrogens with two attached hydrogens (primary N) is 2. The Bertz CT molecular complexity index is 893. The van der Waals surface area contributed by atoms with Crippen LogP contribution in [0.2, 0.25) is 0 Å².